The van der Waals surface area contributed by atoms with Gasteiger partial charge in [-0.05, 0) is 35.7 Å². The van der Waals surface area contributed by atoms with Crippen LogP contribution in [0.2, 0.25) is 0 Å². The highest BCUT2D eigenvalue weighted by molar-refractivity contribution is 5.90. The quantitative estimate of drug-likeness (QED) is 0.397. The molecule has 31 heavy (non-hydrogen) atoms. The minimum atomic E-state index is 0.295. The van der Waals surface area contributed by atoms with Gasteiger partial charge in [-0.2, -0.15) is 0 Å². The molecule has 0 fully saturated rings. The van der Waals surface area contributed by atoms with Gasteiger partial charge in [-0.3, -0.25) is 0 Å². The minimum absolute atomic E-state index is 0.295. The number of hydrogen-bond acceptors (Lipinski definition) is 6. The lowest BCUT2D eigenvalue weighted by Gasteiger charge is -2.15. The molecule has 5 rings (SSSR count). The number of para-hydroxylation sites is 1. The maximum Gasteiger partial charge on any atom is 0.286 e. The summed E-state index contributed by atoms with van der Waals surface area (Å²) in [6.45, 7) is 2.93. The molecule has 1 atom stereocenters. The molecule has 3 aromatic carbocycles. The molecule has 2 aromatic heterocycles. The lowest BCUT2D eigenvalue weighted by Crippen LogP contribution is -2.12. The van der Waals surface area contributed by atoms with Gasteiger partial charge >= 0.3 is 0 Å². The molecule has 0 radical (unpaired) electrons. The third-order valence-electron chi connectivity index (χ3n) is 5.18. The number of rotatable bonds is 6. The Morgan fingerprint density at radius 3 is 2.26 bits per heavy atom. The fraction of sp³-hybridized carbons (Fsp3) is 0.120. The maximum atomic E-state index is 5.88. The van der Waals surface area contributed by atoms with Crippen LogP contribution < -0.4 is 5.32 Å². The summed E-state index contributed by atoms with van der Waals surface area (Å²) in [7, 11) is 0. The fourth-order valence-corrected chi connectivity index (χ4v) is 3.47. The molecule has 2 heterocycles. The second kappa shape index (κ2) is 8.36. The summed E-state index contributed by atoms with van der Waals surface area (Å²) in [5, 5.41) is 12.8. The third-order valence-corrected chi connectivity index (χ3v) is 5.18. The van der Waals surface area contributed by atoms with E-state index in [1.807, 2.05) is 60.7 Å². The van der Waals surface area contributed by atoms with Crippen LogP contribution in [0.4, 0.5) is 5.82 Å². The van der Waals surface area contributed by atoms with Crippen LogP contribution in [0.25, 0.3) is 34.1 Å². The van der Waals surface area contributed by atoms with Crippen molar-refractivity contribution in [3.63, 3.8) is 0 Å². The van der Waals surface area contributed by atoms with Crippen LogP contribution in [0.3, 0.4) is 0 Å². The summed E-state index contributed by atoms with van der Waals surface area (Å²) in [6, 6.07) is 28.0. The zero-order chi connectivity index (χ0) is 21.0. The van der Waals surface area contributed by atoms with Crippen molar-refractivity contribution < 1.29 is 4.42 Å². The first-order chi connectivity index (χ1) is 15.3. The summed E-state index contributed by atoms with van der Waals surface area (Å²) in [4.78, 5) is 9.38. The van der Waals surface area contributed by atoms with Gasteiger partial charge in [0.15, 0.2) is 0 Å². The molecule has 6 heteroatoms. The Kier molecular flexibility index (Phi) is 5.10. The molecule has 6 nitrogen and oxygen atoms in total. The Morgan fingerprint density at radius 1 is 0.774 bits per heavy atom. The Bertz CT molecular complexity index is 1300. The van der Waals surface area contributed by atoms with E-state index in [0.717, 1.165) is 28.8 Å². The van der Waals surface area contributed by atoms with Crippen molar-refractivity contribution >= 4 is 16.7 Å². The van der Waals surface area contributed by atoms with Gasteiger partial charge in [0.2, 0.25) is 11.7 Å². The lowest BCUT2D eigenvalue weighted by atomic mass is 10.0. The van der Waals surface area contributed by atoms with Gasteiger partial charge in [-0.1, -0.05) is 67.6 Å². The van der Waals surface area contributed by atoms with Crippen LogP contribution in [0, 0.1) is 0 Å². The molecule has 0 spiro atoms. The second-order valence-electron chi connectivity index (χ2n) is 7.38. The van der Waals surface area contributed by atoms with Crippen LogP contribution in [-0.4, -0.2) is 26.7 Å². The first kappa shape index (κ1) is 18.9. The summed E-state index contributed by atoms with van der Waals surface area (Å²) in [6.07, 6.45) is 0. The van der Waals surface area contributed by atoms with Gasteiger partial charge in [0.05, 0.1) is 5.52 Å². The van der Waals surface area contributed by atoms with Crippen LogP contribution in [0.15, 0.2) is 89.3 Å². The predicted octanol–water partition coefficient (Wildman–Crippen LogP) is 5.56. The molecule has 0 aliphatic carbocycles. The monoisotopic (exact) mass is 407 g/mol. The Hall–Kier alpha value is -4.06. The zero-order valence-electron chi connectivity index (χ0n) is 17.1. The van der Waals surface area contributed by atoms with E-state index in [0.29, 0.717) is 23.5 Å². The zero-order valence-corrected chi connectivity index (χ0v) is 17.1. The van der Waals surface area contributed by atoms with Crippen molar-refractivity contribution in [1.82, 2.24) is 20.2 Å². The predicted molar refractivity (Wildman–Crippen MR) is 122 cm³/mol. The van der Waals surface area contributed by atoms with Crippen LogP contribution in [0.1, 0.15) is 18.4 Å². The van der Waals surface area contributed by atoms with Gasteiger partial charge in [0.25, 0.3) is 5.89 Å². The van der Waals surface area contributed by atoms with Gasteiger partial charge in [-0.25, -0.2) is 9.97 Å². The molecule has 0 aliphatic heterocycles. The minimum Gasteiger partial charge on any atom is -0.413 e. The van der Waals surface area contributed by atoms with Gasteiger partial charge in [-0.15, -0.1) is 10.2 Å². The maximum absolute atomic E-state index is 5.88. The largest absolute Gasteiger partial charge is 0.413 e. The van der Waals surface area contributed by atoms with Crippen molar-refractivity contribution in [2.75, 3.05) is 11.9 Å². The molecule has 152 valence electrons. The average molecular weight is 407 g/mol. The summed E-state index contributed by atoms with van der Waals surface area (Å²) in [5.41, 5.74) is 2.96. The van der Waals surface area contributed by atoms with Gasteiger partial charge in [0, 0.05) is 17.5 Å². The SMILES string of the molecule is C[C@H](CNc1nc(-c2nnc(-c3ccccc3)o2)nc2ccccc12)c1ccccc1. The number of nitrogens with zero attached hydrogens (tertiary/aromatic N) is 4. The molecular formula is C25H21N5O. The third kappa shape index (κ3) is 4.00. The first-order valence-corrected chi connectivity index (χ1v) is 10.2. The molecule has 0 amide bonds. The summed E-state index contributed by atoms with van der Waals surface area (Å²) >= 11 is 0. The van der Waals surface area contributed by atoms with Crippen LogP contribution in [-0.2, 0) is 0 Å². The van der Waals surface area contributed by atoms with E-state index < -0.39 is 0 Å². The fourth-order valence-electron chi connectivity index (χ4n) is 3.47. The van der Waals surface area contributed by atoms with Gasteiger partial charge in [0.1, 0.15) is 5.82 Å². The van der Waals surface area contributed by atoms with Crippen LogP contribution >= 0.6 is 0 Å². The standard InChI is InChI=1S/C25H21N5O/c1-17(18-10-4-2-5-11-18)16-26-22-20-14-8-9-15-21(20)27-23(28-22)25-30-29-24(31-25)19-12-6-3-7-13-19/h2-15,17H,16H2,1H3,(H,26,27,28)/t17-/m1/s1. The molecule has 0 unspecified atom stereocenters. The number of benzene rings is 3. The second-order valence-corrected chi connectivity index (χ2v) is 7.38. The van der Waals surface area contributed by atoms with E-state index in [9.17, 15) is 0 Å². The highest BCUT2D eigenvalue weighted by Crippen LogP contribution is 2.27. The van der Waals surface area contributed by atoms with E-state index in [2.05, 4.69) is 51.7 Å². The summed E-state index contributed by atoms with van der Waals surface area (Å²) < 4.78 is 5.88. The van der Waals surface area contributed by atoms with Crippen molar-refractivity contribution in [1.29, 1.82) is 0 Å². The number of nitrogens with one attached hydrogen (secondary N) is 1. The Morgan fingerprint density at radius 2 is 1.45 bits per heavy atom. The van der Waals surface area contributed by atoms with Crippen molar-refractivity contribution in [3.8, 4) is 23.2 Å². The lowest BCUT2D eigenvalue weighted by molar-refractivity contribution is 0.579. The molecule has 5 aromatic rings. The Balaban J connectivity index is 1.47. The Labute approximate surface area is 180 Å². The first-order valence-electron chi connectivity index (χ1n) is 10.2. The van der Waals surface area contributed by atoms with Crippen LogP contribution in [0.5, 0.6) is 0 Å². The van der Waals surface area contributed by atoms with E-state index in [1.54, 1.807) is 0 Å². The molecule has 1 N–H and O–H groups in total. The smallest absolute Gasteiger partial charge is 0.286 e. The molecule has 0 aliphatic rings. The van der Waals surface area contributed by atoms with Crippen molar-refractivity contribution in [2.45, 2.75) is 12.8 Å². The highest BCUT2D eigenvalue weighted by atomic mass is 16.4. The molecule has 0 saturated carbocycles. The highest BCUT2D eigenvalue weighted by Gasteiger charge is 2.16. The van der Waals surface area contributed by atoms with Crippen molar-refractivity contribution in [2.24, 2.45) is 0 Å². The molecule has 0 saturated heterocycles. The van der Waals surface area contributed by atoms with E-state index in [4.69, 9.17) is 9.40 Å². The normalized spacial score (nSPS) is 12.0. The average Bonchev–Trinajstić information content (AvgIpc) is 3.34. The summed E-state index contributed by atoms with van der Waals surface area (Å²) in [5.74, 6) is 2.22. The number of fused-ring (bicyclic) bond motifs is 1. The van der Waals surface area contributed by atoms with E-state index >= 15 is 0 Å². The topological polar surface area (TPSA) is 76.7 Å². The van der Waals surface area contributed by atoms with Gasteiger partial charge < -0.3 is 9.73 Å². The molecular weight excluding hydrogens is 386 g/mol. The number of hydrogen-bond donors (Lipinski definition) is 1. The number of aromatic nitrogens is 4. The van der Waals surface area contributed by atoms with E-state index in [1.165, 1.54) is 5.56 Å². The molecule has 0 bridgehead atoms. The van der Waals surface area contributed by atoms with Crippen molar-refractivity contribution in [3.05, 3.63) is 90.5 Å². The number of anilines is 1. The van der Waals surface area contributed by atoms with E-state index in [-0.39, 0.29) is 0 Å².